The number of hydrogen-bond donors (Lipinski definition) is 0. The first-order chi connectivity index (χ1) is 11.5. The Kier molecular flexibility index (Phi) is 4.51. The van der Waals surface area contributed by atoms with Gasteiger partial charge in [0.05, 0.1) is 5.97 Å². The van der Waals surface area contributed by atoms with E-state index < -0.39 is 5.97 Å². The predicted octanol–water partition coefficient (Wildman–Crippen LogP) is 1.32. The molecule has 0 unspecified atom stereocenters. The van der Waals surface area contributed by atoms with E-state index in [0.29, 0.717) is 31.7 Å². The van der Waals surface area contributed by atoms with Gasteiger partial charge in [0.2, 0.25) is 0 Å². The predicted molar refractivity (Wildman–Crippen MR) is 90.1 cm³/mol. The molecule has 2 aromatic rings. The quantitative estimate of drug-likeness (QED) is 0.855. The van der Waals surface area contributed by atoms with Crippen molar-refractivity contribution in [2.45, 2.75) is 6.92 Å². The van der Waals surface area contributed by atoms with Crippen LogP contribution in [-0.2, 0) is 0 Å². The number of carboxylic acids is 1. The van der Waals surface area contributed by atoms with E-state index in [1.54, 1.807) is 12.1 Å². The summed E-state index contributed by atoms with van der Waals surface area (Å²) in [5.74, 6) is -1.13. The summed E-state index contributed by atoms with van der Waals surface area (Å²) in [4.78, 5) is 27.5. The average Bonchev–Trinajstić information content (AvgIpc) is 2.61. The Labute approximate surface area is 141 Å². The minimum Gasteiger partial charge on any atom is -0.545 e. The molecule has 1 aliphatic rings. The van der Waals surface area contributed by atoms with Crippen molar-refractivity contribution in [1.29, 1.82) is 0 Å². The highest BCUT2D eigenvalue weighted by atomic mass is 16.4. The molecular weight excluding hydrogens is 304 g/mol. The van der Waals surface area contributed by atoms with Crippen LogP contribution in [0.5, 0.6) is 0 Å². The maximum Gasteiger partial charge on any atom is 0.253 e. The zero-order chi connectivity index (χ0) is 17.1. The summed E-state index contributed by atoms with van der Waals surface area (Å²) >= 11 is 0. The summed E-state index contributed by atoms with van der Waals surface area (Å²) < 4.78 is 0. The van der Waals surface area contributed by atoms with Crippen molar-refractivity contribution in [3.05, 3.63) is 65.2 Å². The lowest BCUT2D eigenvalue weighted by Gasteiger charge is -2.36. The van der Waals surface area contributed by atoms with Crippen molar-refractivity contribution in [1.82, 2.24) is 4.90 Å². The van der Waals surface area contributed by atoms with E-state index in [4.69, 9.17) is 0 Å². The Bertz CT molecular complexity index is 765. The number of aryl methyl sites for hydroxylation is 1. The van der Waals surface area contributed by atoms with Crippen molar-refractivity contribution in [3.8, 4) is 0 Å². The molecule has 0 aromatic heterocycles. The fourth-order valence-corrected chi connectivity index (χ4v) is 2.96. The summed E-state index contributed by atoms with van der Waals surface area (Å²) in [6.07, 6.45) is 0. The molecule has 2 aromatic carbocycles. The molecule has 0 bridgehead atoms. The van der Waals surface area contributed by atoms with Gasteiger partial charge >= 0.3 is 0 Å². The van der Waals surface area contributed by atoms with Gasteiger partial charge in [-0.15, -0.1) is 0 Å². The molecule has 0 atom stereocenters. The lowest BCUT2D eigenvalue weighted by molar-refractivity contribution is -0.255. The average molecular weight is 323 g/mol. The molecule has 1 aliphatic heterocycles. The second-order valence-corrected chi connectivity index (χ2v) is 5.99. The van der Waals surface area contributed by atoms with E-state index in [1.807, 2.05) is 42.2 Å². The fraction of sp³-hybridized carbons (Fsp3) is 0.263. The van der Waals surface area contributed by atoms with Crippen molar-refractivity contribution >= 4 is 17.6 Å². The van der Waals surface area contributed by atoms with Crippen LogP contribution < -0.4 is 10.0 Å². The highest BCUT2D eigenvalue weighted by Gasteiger charge is 2.22. The lowest BCUT2D eigenvalue weighted by atomic mass is 10.1. The first-order valence-electron chi connectivity index (χ1n) is 7.97. The van der Waals surface area contributed by atoms with Gasteiger partial charge in [-0.3, -0.25) is 4.79 Å². The number of piperazine rings is 1. The fourth-order valence-electron chi connectivity index (χ4n) is 2.96. The number of amides is 1. The van der Waals surface area contributed by atoms with E-state index >= 15 is 0 Å². The number of rotatable bonds is 3. The standard InChI is InChI=1S/C19H20N2O3/c1-14-4-2-5-15(12-14)18(22)21-10-8-20(9-11-21)17-7-3-6-16(13-17)19(23)24/h2-7,12-13H,8-11H2,1H3,(H,23,24)/p-1. The summed E-state index contributed by atoms with van der Waals surface area (Å²) in [6.45, 7) is 4.55. The second kappa shape index (κ2) is 6.74. The van der Waals surface area contributed by atoms with Gasteiger partial charge in [0.25, 0.3) is 5.91 Å². The van der Waals surface area contributed by atoms with Crippen LogP contribution in [0.1, 0.15) is 26.3 Å². The Hall–Kier alpha value is -2.82. The highest BCUT2D eigenvalue weighted by Crippen LogP contribution is 2.19. The normalized spacial score (nSPS) is 14.5. The van der Waals surface area contributed by atoms with E-state index in [1.165, 1.54) is 6.07 Å². The monoisotopic (exact) mass is 323 g/mol. The maximum absolute atomic E-state index is 12.6. The molecule has 0 saturated carbocycles. The van der Waals surface area contributed by atoms with Crippen LogP contribution in [0.4, 0.5) is 5.69 Å². The van der Waals surface area contributed by atoms with Gasteiger partial charge in [-0.1, -0.05) is 29.8 Å². The third-order valence-corrected chi connectivity index (χ3v) is 4.28. The Morgan fingerprint density at radius 3 is 2.25 bits per heavy atom. The number of carbonyl (C=O) groups excluding carboxylic acids is 2. The number of carbonyl (C=O) groups is 2. The van der Waals surface area contributed by atoms with E-state index in [0.717, 1.165) is 11.3 Å². The summed E-state index contributed by atoms with van der Waals surface area (Å²) in [7, 11) is 0. The van der Waals surface area contributed by atoms with Crippen LogP contribution in [0.2, 0.25) is 0 Å². The molecule has 1 heterocycles. The highest BCUT2D eigenvalue weighted by molar-refractivity contribution is 5.94. The van der Waals surface area contributed by atoms with Crippen LogP contribution in [-0.4, -0.2) is 43.0 Å². The topological polar surface area (TPSA) is 63.7 Å². The van der Waals surface area contributed by atoms with Crippen molar-refractivity contribution in [3.63, 3.8) is 0 Å². The number of nitrogens with zero attached hydrogens (tertiary/aromatic N) is 2. The molecule has 5 nitrogen and oxygen atoms in total. The maximum atomic E-state index is 12.6. The number of hydrogen-bond acceptors (Lipinski definition) is 4. The van der Waals surface area contributed by atoms with Gasteiger partial charge in [0.15, 0.2) is 0 Å². The van der Waals surface area contributed by atoms with E-state index in [-0.39, 0.29) is 11.5 Å². The molecule has 0 N–H and O–H groups in total. The van der Waals surface area contributed by atoms with Crippen LogP contribution in [0.25, 0.3) is 0 Å². The minimum absolute atomic E-state index is 0.0434. The van der Waals surface area contributed by atoms with Crippen LogP contribution in [0.15, 0.2) is 48.5 Å². The molecule has 0 radical (unpaired) electrons. The van der Waals surface area contributed by atoms with Crippen molar-refractivity contribution < 1.29 is 14.7 Å². The third-order valence-electron chi connectivity index (χ3n) is 4.28. The van der Waals surface area contributed by atoms with E-state index in [2.05, 4.69) is 4.90 Å². The molecule has 3 rings (SSSR count). The van der Waals surface area contributed by atoms with Crippen LogP contribution >= 0.6 is 0 Å². The molecule has 124 valence electrons. The van der Waals surface area contributed by atoms with Gasteiger partial charge in [0, 0.05) is 37.4 Å². The summed E-state index contributed by atoms with van der Waals surface area (Å²) in [5, 5.41) is 11.0. The Balaban J connectivity index is 1.66. The molecule has 5 heteroatoms. The number of anilines is 1. The van der Waals surface area contributed by atoms with Crippen molar-refractivity contribution in [2.75, 3.05) is 31.1 Å². The van der Waals surface area contributed by atoms with Crippen LogP contribution in [0, 0.1) is 6.92 Å². The molecular formula is C19H19N2O3-. The zero-order valence-corrected chi connectivity index (χ0v) is 13.6. The third kappa shape index (κ3) is 3.40. The smallest absolute Gasteiger partial charge is 0.253 e. The number of aromatic carboxylic acids is 1. The molecule has 1 amide bonds. The molecule has 1 fully saturated rings. The molecule has 0 aliphatic carbocycles. The van der Waals surface area contributed by atoms with Gasteiger partial charge < -0.3 is 19.7 Å². The number of benzene rings is 2. The van der Waals surface area contributed by atoms with E-state index in [9.17, 15) is 14.7 Å². The summed E-state index contributed by atoms with van der Waals surface area (Å²) in [6, 6.07) is 14.3. The first kappa shape index (κ1) is 16.1. The first-order valence-corrected chi connectivity index (χ1v) is 7.97. The minimum atomic E-state index is -1.18. The molecule has 0 spiro atoms. The zero-order valence-electron chi connectivity index (χ0n) is 13.6. The second-order valence-electron chi connectivity index (χ2n) is 5.99. The molecule has 1 saturated heterocycles. The molecule has 24 heavy (non-hydrogen) atoms. The summed E-state index contributed by atoms with van der Waals surface area (Å²) in [5.41, 5.74) is 2.80. The number of carboxylic acid groups (broad SMARTS) is 1. The van der Waals surface area contributed by atoms with Crippen LogP contribution in [0.3, 0.4) is 0 Å². The van der Waals surface area contributed by atoms with Gasteiger partial charge in [-0.25, -0.2) is 0 Å². The van der Waals surface area contributed by atoms with Crippen molar-refractivity contribution in [2.24, 2.45) is 0 Å². The van der Waals surface area contributed by atoms with Gasteiger partial charge in [-0.05, 0) is 36.8 Å². The lowest BCUT2D eigenvalue weighted by Crippen LogP contribution is -2.48. The van der Waals surface area contributed by atoms with Gasteiger partial charge in [-0.2, -0.15) is 0 Å². The Morgan fingerprint density at radius 2 is 1.58 bits per heavy atom. The van der Waals surface area contributed by atoms with Gasteiger partial charge in [0.1, 0.15) is 0 Å². The Morgan fingerprint density at radius 1 is 0.917 bits per heavy atom. The SMILES string of the molecule is Cc1cccc(C(=O)N2CCN(c3cccc(C(=O)[O-])c3)CC2)c1. The largest absolute Gasteiger partial charge is 0.545 e.